The van der Waals surface area contributed by atoms with E-state index in [1.165, 1.54) is 0 Å². The highest BCUT2D eigenvalue weighted by Crippen LogP contribution is 2.31. The number of nitrogens with two attached hydrogens (primary N) is 1. The molecule has 0 aliphatic carbocycles. The Labute approximate surface area is 132 Å². The van der Waals surface area contributed by atoms with Gasteiger partial charge in [-0.2, -0.15) is 0 Å². The fraction of sp³-hybridized carbons (Fsp3) is 0.133. The van der Waals surface area contributed by atoms with E-state index in [0.29, 0.717) is 11.6 Å². The van der Waals surface area contributed by atoms with E-state index in [4.69, 9.17) is 22.7 Å². The Morgan fingerprint density at radius 3 is 2.65 bits per heavy atom. The van der Waals surface area contributed by atoms with Crippen molar-refractivity contribution < 1.29 is 4.74 Å². The second-order valence-corrected chi connectivity index (χ2v) is 5.41. The van der Waals surface area contributed by atoms with E-state index in [-0.39, 0.29) is 0 Å². The Hall–Kier alpha value is -1.59. The molecular formula is C15H15BrN2OS. The lowest BCUT2D eigenvalue weighted by atomic mass is 10.2. The first kappa shape index (κ1) is 14.8. The summed E-state index contributed by atoms with van der Waals surface area (Å²) in [6.45, 7) is 2.59. The first-order valence-electron chi connectivity index (χ1n) is 6.20. The van der Waals surface area contributed by atoms with Crippen LogP contribution < -0.4 is 15.8 Å². The lowest BCUT2D eigenvalue weighted by Crippen LogP contribution is -2.09. The first-order valence-corrected chi connectivity index (χ1v) is 7.40. The third kappa shape index (κ3) is 3.49. The molecule has 2 rings (SSSR count). The molecule has 0 aliphatic rings. The average Bonchev–Trinajstić information content (AvgIpc) is 2.43. The van der Waals surface area contributed by atoms with E-state index >= 15 is 0 Å². The van der Waals surface area contributed by atoms with Gasteiger partial charge >= 0.3 is 0 Å². The highest BCUT2D eigenvalue weighted by atomic mass is 79.9. The lowest BCUT2D eigenvalue weighted by molar-refractivity contribution is 0.342. The van der Waals surface area contributed by atoms with Gasteiger partial charge in [0.05, 0.1) is 18.0 Å². The molecule has 20 heavy (non-hydrogen) atoms. The van der Waals surface area contributed by atoms with Crippen LogP contribution in [0, 0.1) is 0 Å². The molecule has 3 N–H and O–H groups in total. The standard InChI is InChI=1S/C15H15BrN2OS/c1-2-19-14-6-4-3-5-13(14)18-12-8-7-10(15(17)20)9-11(12)16/h3-9,18H,2H2,1H3,(H2,17,20). The molecule has 0 unspecified atom stereocenters. The van der Waals surface area contributed by atoms with Crippen LogP contribution in [0.5, 0.6) is 5.75 Å². The van der Waals surface area contributed by atoms with Crippen LogP contribution in [0.2, 0.25) is 0 Å². The number of benzene rings is 2. The topological polar surface area (TPSA) is 47.3 Å². The molecule has 0 aliphatic heterocycles. The van der Waals surface area contributed by atoms with Gasteiger partial charge in [-0.15, -0.1) is 0 Å². The van der Waals surface area contributed by atoms with Gasteiger partial charge in [0.2, 0.25) is 0 Å². The average molecular weight is 351 g/mol. The lowest BCUT2D eigenvalue weighted by Gasteiger charge is -2.14. The van der Waals surface area contributed by atoms with Gasteiger partial charge in [-0.05, 0) is 53.2 Å². The Balaban J connectivity index is 2.28. The molecule has 0 heterocycles. The van der Waals surface area contributed by atoms with Crippen LogP contribution >= 0.6 is 28.1 Å². The number of hydrogen-bond acceptors (Lipinski definition) is 3. The van der Waals surface area contributed by atoms with Crippen molar-refractivity contribution in [3.8, 4) is 5.75 Å². The van der Waals surface area contributed by atoms with Crippen molar-refractivity contribution in [2.24, 2.45) is 5.73 Å². The maximum atomic E-state index is 5.62. The minimum absolute atomic E-state index is 0.381. The molecule has 0 saturated carbocycles. The monoisotopic (exact) mass is 350 g/mol. The predicted molar refractivity (Wildman–Crippen MR) is 90.9 cm³/mol. The van der Waals surface area contributed by atoms with Crippen molar-refractivity contribution in [3.63, 3.8) is 0 Å². The van der Waals surface area contributed by atoms with Crippen LogP contribution in [0.15, 0.2) is 46.9 Å². The number of hydrogen-bond donors (Lipinski definition) is 2. The van der Waals surface area contributed by atoms with Gasteiger partial charge < -0.3 is 15.8 Å². The SMILES string of the molecule is CCOc1ccccc1Nc1ccc(C(N)=S)cc1Br. The van der Waals surface area contributed by atoms with Gasteiger partial charge in [-0.3, -0.25) is 0 Å². The van der Waals surface area contributed by atoms with Gasteiger partial charge in [0.1, 0.15) is 10.7 Å². The van der Waals surface area contributed by atoms with Crippen LogP contribution in [0.3, 0.4) is 0 Å². The van der Waals surface area contributed by atoms with Crippen LogP contribution in [0.4, 0.5) is 11.4 Å². The van der Waals surface area contributed by atoms with Crippen molar-refractivity contribution in [3.05, 3.63) is 52.5 Å². The molecule has 0 amide bonds. The van der Waals surface area contributed by atoms with Crippen molar-refractivity contribution in [1.29, 1.82) is 0 Å². The minimum atomic E-state index is 0.381. The summed E-state index contributed by atoms with van der Waals surface area (Å²) in [6, 6.07) is 13.5. The molecule has 0 aromatic heterocycles. The molecule has 5 heteroatoms. The van der Waals surface area contributed by atoms with E-state index < -0.39 is 0 Å². The zero-order valence-corrected chi connectivity index (χ0v) is 13.4. The summed E-state index contributed by atoms with van der Waals surface area (Å²) >= 11 is 8.48. The summed E-state index contributed by atoms with van der Waals surface area (Å²) in [5.41, 5.74) is 8.29. The van der Waals surface area contributed by atoms with Crippen molar-refractivity contribution >= 4 is 44.5 Å². The Kier molecular flexibility index (Phi) is 4.98. The highest BCUT2D eigenvalue weighted by molar-refractivity contribution is 9.10. The number of nitrogens with one attached hydrogen (secondary N) is 1. The highest BCUT2D eigenvalue weighted by Gasteiger charge is 2.07. The number of para-hydroxylation sites is 2. The number of thiocarbonyl (C=S) groups is 1. The quantitative estimate of drug-likeness (QED) is 0.792. The Morgan fingerprint density at radius 2 is 2.00 bits per heavy atom. The van der Waals surface area contributed by atoms with E-state index in [1.54, 1.807) is 0 Å². The summed E-state index contributed by atoms with van der Waals surface area (Å²) in [6.07, 6.45) is 0. The van der Waals surface area contributed by atoms with Gasteiger partial charge in [-0.1, -0.05) is 24.4 Å². The largest absolute Gasteiger partial charge is 0.492 e. The van der Waals surface area contributed by atoms with Crippen LogP contribution in [-0.2, 0) is 0 Å². The summed E-state index contributed by atoms with van der Waals surface area (Å²) in [7, 11) is 0. The predicted octanol–water partition coefficient (Wildman–Crippen LogP) is 4.23. The van der Waals surface area contributed by atoms with E-state index in [1.807, 2.05) is 49.4 Å². The third-order valence-electron chi connectivity index (χ3n) is 2.71. The fourth-order valence-electron chi connectivity index (χ4n) is 1.77. The zero-order valence-electron chi connectivity index (χ0n) is 11.0. The summed E-state index contributed by atoms with van der Waals surface area (Å²) in [5.74, 6) is 0.820. The molecule has 0 radical (unpaired) electrons. The van der Waals surface area contributed by atoms with Gasteiger partial charge in [0.25, 0.3) is 0 Å². The Bertz CT molecular complexity index is 631. The Morgan fingerprint density at radius 1 is 1.25 bits per heavy atom. The van der Waals surface area contributed by atoms with Gasteiger partial charge in [-0.25, -0.2) is 0 Å². The minimum Gasteiger partial charge on any atom is -0.492 e. The molecular weight excluding hydrogens is 336 g/mol. The van der Waals surface area contributed by atoms with Crippen LogP contribution in [-0.4, -0.2) is 11.6 Å². The molecule has 3 nitrogen and oxygen atoms in total. The van der Waals surface area contributed by atoms with E-state index in [2.05, 4.69) is 21.2 Å². The van der Waals surface area contributed by atoms with E-state index in [0.717, 1.165) is 27.2 Å². The van der Waals surface area contributed by atoms with Crippen molar-refractivity contribution in [1.82, 2.24) is 0 Å². The fourth-order valence-corrected chi connectivity index (χ4v) is 2.37. The normalized spacial score (nSPS) is 10.1. The number of anilines is 2. The van der Waals surface area contributed by atoms with Gasteiger partial charge in [0, 0.05) is 10.0 Å². The summed E-state index contributed by atoms with van der Waals surface area (Å²) in [5, 5.41) is 3.34. The summed E-state index contributed by atoms with van der Waals surface area (Å²) < 4.78 is 6.49. The van der Waals surface area contributed by atoms with Crippen molar-refractivity contribution in [2.45, 2.75) is 6.92 Å². The molecule has 0 spiro atoms. The molecule has 2 aromatic carbocycles. The number of ether oxygens (including phenoxy) is 1. The van der Waals surface area contributed by atoms with Gasteiger partial charge in [0.15, 0.2) is 0 Å². The van der Waals surface area contributed by atoms with E-state index in [9.17, 15) is 0 Å². The summed E-state index contributed by atoms with van der Waals surface area (Å²) in [4.78, 5) is 0.381. The molecule has 2 aromatic rings. The smallest absolute Gasteiger partial charge is 0.142 e. The molecule has 0 fully saturated rings. The second-order valence-electron chi connectivity index (χ2n) is 4.11. The molecule has 0 atom stereocenters. The second kappa shape index (κ2) is 6.72. The zero-order chi connectivity index (χ0) is 14.5. The van der Waals surface area contributed by atoms with Crippen LogP contribution in [0.1, 0.15) is 12.5 Å². The third-order valence-corrected chi connectivity index (χ3v) is 3.60. The molecule has 0 bridgehead atoms. The maximum absolute atomic E-state index is 5.62. The molecule has 104 valence electrons. The first-order chi connectivity index (χ1) is 9.61. The molecule has 0 saturated heterocycles. The number of halogens is 1. The number of rotatable bonds is 5. The van der Waals surface area contributed by atoms with Crippen molar-refractivity contribution in [2.75, 3.05) is 11.9 Å². The van der Waals surface area contributed by atoms with Crippen LogP contribution in [0.25, 0.3) is 0 Å². The maximum Gasteiger partial charge on any atom is 0.142 e.